The van der Waals surface area contributed by atoms with E-state index in [2.05, 4.69) is 5.10 Å². The van der Waals surface area contributed by atoms with E-state index < -0.39 is 0 Å². The van der Waals surface area contributed by atoms with Gasteiger partial charge < -0.3 is 9.47 Å². The van der Waals surface area contributed by atoms with Gasteiger partial charge in [-0.2, -0.15) is 15.6 Å². The highest BCUT2D eigenvalue weighted by atomic mass is 16.6. The van der Waals surface area contributed by atoms with Crippen molar-refractivity contribution in [2.75, 3.05) is 13.2 Å². The zero-order valence-corrected chi connectivity index (χ0v) is 14.3. The van der Waals surface area contributed by atoms with Crippen molar-refractivity contribution in [1.82, 2.24) is 9.78 Å². The van der Waals surface area contributed by atoms with E-state index >= 15 is 0 Å². The molecule has 0 fully saturated rings. The molecule has 0 radical (unpaired) electrons. The second-order valence-electron chi connectivity index (χ2n) is 5.85. The average Bonchev–Trinajstić information content (AvgIpc) is 3.16. The Bertz CT molecular complexity index is 1090. The highest BCUT2D eigenvalue weighted by molar-refractivity contribution is 5.76. The Morgan fingerprint density at radius 1 is 1.00 bits per heavy atom. The fourth-order valence-electron chi connectivity index (χ4n) is 2.87. The maximum Gasteiger partial charge on any atom is 0.162 e. The SMILES string of the molecule is N#CC(C#N)=Cc1cn(-c2ccccc2)nc1-c1ccc2c(c1)OCCO2. The van der Waals surface area contributed by atoms with Gasteiger partial charge in [0, 0.05) is 17.3 Å². The fourth-order valence-corrected chi connectivity index (χ4v) is 2.87. The summed E-state index contributed by atoms with van der Waals surface area (Å²) >= 11 is 0. The Morgan fingerprint density at radius 3 is 2.48 bits per heavy atom. The van der Waals surface area contributed by atoms with Crippen molar-refractivity contribution in [3.63, 3.8) is 0 Å². The molecular formula is C21H14N4O2. The summed E-state index contributed by atoms with van der Waals surface area (Å²) in [6.45, 7) is 1.02. The summed E-state index contributed by atoms with van der Waals surface area (Å²) in [5, 5.41) is 22.9. The molecule has 2 heterocycles. The minimum absolute atomic E-state index is 0.0152. The molecule has 27 heavy (non-hydrogen) atoms. The van der Waals surface area contributed by atoms with Gasteiger partial charge in [-0.1, -0.05) is 18.2 Å². The number of fused-ring (bicyclic) bond motifs is 1. The number of benzene rings is 2. The molecule has 0 unspecified atom stereocenters. The van der Waals surface area contributed by atoms with Gasteiger partial charge in [-0.15, -0.1) is 0 Å². The summed E-state index contributed by atoms with van der Waals surface area (Å²) in [6, 6.07) is 19.0. The van der Waals surface area contributed by atoms with E-state index in [0.29, 0.717) is 36.0 Å². The van der Waals surface area contributed by atoms with Gasteiger partial charge in [0.25, 0.3) is 0 Å². The maximum absolute atomic E-state index is 9.13. The van der Waals surface area contributed by atoms with E-state index in [1.807, 2.05) is 60.7 Å². The highest BCUT2D eigenvalue weighted by Crippen LogP contribution is 2.35. The molecule has 1 aromatic heterocycles. The topological polar surface area (TPSA) is 83.9 Å². The first kappa shape index (κ1) is 16.4. The van der Waals surface area contributed by atoms with E-state index in [1.54, 1.807) is 17.0 Å². The number of nitrogens with zero attached hydrogens (tertiary/aromatic N) is 4. The van der Waals surface area contributed by atoms with Gasteiger partial charge in [-0.3, -0.25) is 0 Å². The van der Waals surface area contributed by atoms with Crippen LogP contribution in [-0.4, -0.2) is 23.0 Å². The zero-order chi connectivity index (χ0) is 18.6. The van der Waals surface area contributed by atoms with Crippen LogP contribution >= 0.6 is 0 Å². The lowest BCUT2D eigenvalue weighted by Gasteiger charge is -2.18. The van der Waals surface area contributed by atoms with Crippen LogP contribution in [0.25, 0.3) is 23.0 Å². The molecule has 0 atom stereocenters. The maximum atomic E-state index is 9.13. The summed E-state index contributed by atoms with van der Waals surface area (Å²) in [4.78, 5) is 0. The fraction of sp³-hybridized carbons (Fsp3) is 0.0952. The summed E-state index contributed by atoms with van der Waals surface area (Å²) in [7, 11) is 0. The lowest BCUT2D eigenvalue weighted by Crippen LogP contribution is -2.15. The molecule has 6 heteroatoms. The number of hydrogen-bond acceptors (Lipinski definition) is 5. The molecule has 1 aliphatic rings. The molecular weight excluding hydrogens is 340 g/mol. The second-order valence-corrected chi connectivity index (χ2v) is 5.85. The number of hydrogen-bond donors (Lipinski definition) is 0. The van der Waals surface area contributed by atoms with E-state index in [9.17, 15) is 0 Å². The molecule has 1 aliphatic heterocycles. The van der Waals surface area contributed by atoms with Gasteiger partial charge in [0.1, 0.15) is 36.6 Å². The molecule has 0 aliphatic carbocycles. The molecule has 4 rings (SSSR count). The molecule has 6 nitrogen and oxygen atoms in total. The van der Waals surface area contributed by atoms with E-state index in [-0.39, 0.29) is 5.57 Å². The third kappa shape index (κ3) is 3.24. The highest BCUT2D eigenvalue weighted by Gasteiger charge is 2.17. The molecule has 0 amide bonds. The molecule has 130 valence electrons. The first-order chi connectivity index (χ1) is 13.3. The summed E-state index contributed by atoms with van der Waals surface area (Å²) < 4.78 is 13.0. The summed E-state index contributed by atoms with van der Waals surface area (Å²) in [5.41, 5.74) is 3.04. The summed E-state index contributed by atoms with van der Waals surface area (Å²) in [6.07, 6.45) is 3.34. The van der Waals surface area contributed by atoms with Crippen molar-refractivity contribution >= 4 is 6.08 Å². The monoisotopic (exact) mass is 354 g/mol. The molecule has 0 saturated carbocycles. The second kappa shape index (κ2) is 7.07. The van der Waals surface area contributed by atoms with Crippen LogP contribution < -0.4 is 9.47 Å². The number of nitriles is 2. The minimum atomic E-state index is 0.0152. The van der Waals surface area contributed by atoms with Gasteiger partial charge in [-0.25, -0.2) is 4.68 Å². The largest absolute Gasteiger partial charge is 0.486 e. The number of allylic oxidation sites excluding steroid dienone is 1. The van der Waals surface area contributed by atoms with Crippen LogP contribution in [0, 0.1) is 22.7 Å². The third-order valence-corrected chi connectivity index (χ3v) is 4.12. The zero-order valence-electron chi connectivity index (χ0n) is 14.3. The Hall–Kier alpha value is -4.03. The Labute approximate surface area is 156 Å². The minimum Gasteiger partial charge on any atom is -0.486 e. The van der Waals surface area contributed by atoms with Crippen molar-refractivity contribution in [3.8, 4) is 40.6 Å². The Balaban J connectivity index is 1.86. The third-order valence-electron chi connectivity index (χ3n) is 4.12. The molecule has 0 saturated heterocycles. The van der Waals surface area contributed by atoms with Crippen LogP contribution in [0.15, 0.2) is 60.3 Å². The van der Waals surface area contributed by atoms with E-state index in [1.165, 1.54) is 0 Å². The van der Waals surface area contributed by atoms with E-state index in [4.69, 9.17) is 20.0 Å². The first-order valence-electron chi connectivity index (χ1n) is 8.35. The number of aromatic nitrogens is 2. The quantitative estimate of drug-likeness (QED) is 0.669. The van der Waals surface area contributed by atoms with Gasteiger partial charge in [0.2, 0.25) is 0 Å². The van der Waals surface area contributed by atoms with Crippen LogP contribution in [0.4, 0.5) is 0 Å². The van der Waals surface area contributed by atoms with Crippen LogP contribution in [0.5, 0.6) is 11.5 Å². The lowest BCUT2D eigenvalue weighted by atomic mass is 10.1. The number of ether oxygens (including phenoxy) is 2. The molecule has 2 aromatic carbocycles. The smallest absolute Gasteiger partial charge is 0.162 e. The van der Waals surface area contributed by atoms with Crippen LogP contribution in [0.3, 0.4) is 0 Å². The predicted octanol–water partition coefficient (Wildman–Crippen LogP) is 3.74. The van der Waals surface area contributed by atoms with Crippen molar-refractivity contribution in [1.29, 1.82) is 10.5 Å². The Morgan fingerprint density at radius 2 is 1.74 bits per heavy atom. The normalized spacial score (nSPS) is 11.9. The number of para-hydroxylation sites is 1. The lowest BCUT2D eigenvalue weighted by molar-refractivity contribution is 0.171. The molecule has 0 bridgehead atoms. The summed E-state index contributed by atoms with van der Waals surface area (Å²) in [5.74, 6) is 1.35. The van der Waals surface area contributed by atoms with E-state index in [0.717, 1.165) is 11.3 Å². The van der Waals surface area contributed by atoms with Gasteiger partial charge >= 0.3 is 0 Å². The first-order valence-corrected chi connectivity index (χ1v) is 8.35. The predicted molar refractivity (Wildman–Crippen MR) is 99.2 cm³/mol. The standard InChI is InChI=1S/C21H14N4O2/c22-12-15(13-23)10-17-14-25(18-4-2-1-3-5-18)24-21(17)16-6-7-19-20(11-16)27-9-8-26-19/h1-7,10-11,14H,8-9H2. The molecule has 3 aromatic rings. The van der Waals surface area contributed by atoms with Crippen molar-refractivity contribution in [3.05, 3.63) is 65.9 Å². The van der Waals surface area contributed by atoms with Crippen LogP contribution in [0.2, 0.25) is 0 Å². The van der Waals surface area contributed by atoms with Gasteiger partial charge in [-0.05, 0) is 36.4 Å². The molecule has 0 spiro atoms. The van der Waals surface area contributed by atoms with Crippen LogP contribution in [-0.2, 0) is 0 Å². The van der Waals surface area contributed by atoms with Crippen molar-refractivity contribution < 1.29 is 9.47 Å². The van der Waals surface area contributed by atoms with Crippen molar-refractivity contribution in [2.24, 2.45) is 0 Å². The van der Waals surface area contributed by atoms with Gasteiger partial charge in [0.15, 0.2) is 11.5 Å². The van der Waals surface area contributed by atoms with Crippen molar-refractivity contribution in [2.45, 2.75) is 0 Å². The average molecular weight is 354 g/mol. The van der Waals surface area contributed by atoms with Crippen LogP contribution in [0.1, 0.15) is 5.56 Å². The Kier molecular flexibility index (Phi) is 4.30. The van der Waals surface area contributed by atoms with Gasteiger partial charge in [0.05, 0.1) is 5.69 Å². The number of rotatable bonds is 3. The molecule has 0 N–H and O–H groups in total.